The van der Waals surface area contributed by atoms with E-state index in [1.165, 1.54) is 0 Å². The van der Waals surface area contributed by atoms with E-state index in [-0.39, 0.29) is 18.9 Å². The lowest BCUT2D eigenvalue weighted by Gasteiger charge is -2.31. The van der Waals surface area contributed by atoms with Gasteiger partial charge in [0.05, 0.1) is 0 Å². The minimum absolute atomic E-state index is 0.0845. The monoisotopic (exact) mass is 146 g/mol. The van der Waals surface area contributed by atoms with Crippen molar-refractivity contribution in [1.82, 2.24) is 0 Å². The van der Waals surface area contributed by atoms with Crippen LogP contribution in [0.5, 0.6) is 0 Å². The molecule has 1 heterocycles. The molecule has 10 heavy (non-hydrogen) atoms. The number of hydrogen-bond acceptors (Lipinski definition) is 3. The summed E-state index contributed by atoms with van der Waals surface area (Å²) in [6, 6.07) is 0. The number of ether oxygens (including phenoxy) is 3. The average molecular weight is 146 g/mol. The predicted octanol–water partition coefficient (Wildman–Crippen LogP) is 1.48. The van der Waals surface area contributed by atoms with Crippen molar-refractivity contribution in [1.29, 1.82) is 0 Å². The van der Waals surface area contributed by atoms with E-state index in [0.717, 1.165) is 6.42 Å². The quantitative estimate of drug-likeness (QED) is 0.560. The van der Waals surface area contributed by atoms with Gasteiger partial charge in [-0.2, -0.15) is 0 Å². The predicted molar refractivity (Wildman–Crippen MR) is 36.3 cm³/mol. The van der Waals surface area contributed by atoms with Crippen LogP contribution in [0.15, 0.2) is 0 Å². The first-order chi connectivity index (χ1) is 4.72. The highest BCUT2D eigenvalue weighted by Gasteiger charge is 2.23. The second-order valence-electron chi connectivity index (χ2n) is 2.38. The fraction of sp³-hybridized carbons (Fsp3) is 1.00. The van der Waals surface area contributed by atoms with E-state index in [2.05, 4.69) is 0 Å². The van der Waals surface area contributed by atoms with Gasteiger partial charge in [-0.3, -0.25) is 0 Å². The van der Waals surface area contributed by atoms with Crippen molar-refractivity contribution in [3.63, 3.8) is 0 Å². The van der Waals surface area contributed by atoms with Gasteiger partial charge in [-0.05, 0) is 20.3 Å². The number of hydrogen-bond donors (Lipinski definition) is 0. The Bertz CT molecular complexity index is 95.0. The van der Waals surface area contributed by atoms with Crippen LogP contribution in [0, 0.1) is 0 Å². The van der Waals surface area contributed by atoms with Crippen LogP contribution in [0.3, 0.4) is 0 Å². The molecule has 0 aromatic heterocycles. The van der Waals surface area contributed by atoms with E-state index >= 15 is 0 Å². The zero-order valence-corrected chi connectivity index (χ0v) is 6.66. The molecule has 1 rings (SSSR count). The Morgan fingerprint density at radius 2 is 1.50 bits per heavy atom. The van der Waals surface area contributed by atoms with E-state index in [1.54, 1.807) is 0 Å². The molecule has 3 nitrogen and oxygen atoms in total. The highest BCUT2D eigenvalue weighted by Crippen LogP contribution is 2.16. The van der Waals surface area contributed by atoms with Crippen LogP contribution in [-0.2, 0) is 14.2 Å². The van der Waals surface area contributed by atoms with Crippen molar-refractivity contribution in [2.24, 2.45) is 0 Å². The van der Waals surface area contributed by atoms with Crippen LogP contribution in [0.4, 0.5) is 0 Å². The maximum Gasteiger partial charge on any atom is 0.163 e. The third kappa shape index (κ3) is 1.94. The van der Waals surface area contributed by atoms with Crippen LogP contribution in [-0.4, -0.2) is 18.9 Å². The van der Waals surface area contributed by atoms with Gasteiger partial charge < -0.3 is 14.2 Å². The number of rotatable bonds is 1. The molecule has 2 atom stereocenters. The molecule has 0 amide bonds. The van der Waals surface area contributed by atoms with Crippen molar-refractivity contribution < 1.29 is 14.2 Å². The smallest absolute Gasteiger partial charge is 0.163 e. The Kier molecular flexibility index (Phi) is 2.65. The first-order valence-corrected chi connectivity index (χ1v) is 3.68. The van der Waals surface area contributed by atoms with Gasteiger partial charge in [0.1, 0.15) is 0 Å². The normalized spacial score (nSPS) is 41.7. The van der Waals surface area contributed by atoms with Crippen molar-refractivity contribution in [2.75, 3.05) is 0 Å². The fourth-order valence-electron chi connectivity index (χ4n) is 0.986. The molecular weight excluding hydrogens is 132 g/mol. The molecule has 0 aliphatic carbocycles. The van der Waals surface area contributed by atoms with E-state index in [4.69, 9.17) is 14.2 Å². The first kappa shape index (κ1) is 7.98. The standard InChI is InChI=1S/C7H14O3/c1-4-7-9-5(2)8-6(3)10-7/h5-7H,4H2,1-3H3/t5-,6-/m1/s1. The third-order valence-electron chi connectivity index (χ3n) is 1.40. The molecule has 60 valence electrons. The van der Waals surface area contributed by atoms with Gasteiger partial charge in [-0.15, -0.1) is 0 Å². The summed E-state index contributed by atoms with van der Waals surface area (Å²) in [7, 11) is 0. The third-order valence-corrected chi connectivity index (χ3v) is 1.40. The molecule has 0 aromatic rings. The average Bonchev–Trinajstić information content (AvgIpc) is 1.85. The summed E-state index contributed by atoms with van der Waals surface area (Å²) in [6.07, 6.45) is 0.527. The highest BCUT2D eigenvalue weighted by molar-refractivity contribution is 4.49. The maximum atomic E-state index is 5.26. The molecule has 0 spiro atoms. The Hall–Kier alpha value is -0.120. The highest BCUT2D eigenvalue weighted by atomic mass is 16.9. The summed E-state index contributed by atoms with van der Waals surface area (Å²) >= 11 is 0. The Morgan fingerprint density at radius 1 is 1.00 bits per heavy atom. The van der Waals surface area contributed by atoms with Gasteiger partial charge in [0, 0.05) is 0 Å². The first-order valence-electron chi connectivity index (χ1n) is 3.68. The lowest BCUT2D eigenvalue weighted by molar-refractivity contribution is -0.373. The molecule has 3 heteroatoms. The van der Waals surface area contributed by atoms with Crippen LogP contribution in [0.25, 0.3) is 0 Å². The topological polar surface area (TPSA) is 27.7 Å². The molecule has 0 N–H and O–H groups in total. The molecule has 1 aliphatic heterocycles. The zero-order chi connectivity index (χ0) is 7.56. The largest absolute Gasteiger partial charge is 0.324 e. The molecule has 1 fully saturated rings. The van der Waals surface area contributed by atoms with Crippen LogP contribution >= 0.6 is 0 Å². The van der Waals surface area contributed by atoms with Crippen LogP contribution < -0.4 is 0 Å². The molecule has 1 saturated heterocycles. The Balaban J connectivity index is 2.35. The molecule has 0 saturated carbocycles. The molecule has 0 unspecified atom stereocenters. The second-order valence-corrected chi connectivity index (χ2v) is 2.38. The second kappa shape index (κ2) is 3.32. The summed E-state index contributed by atoms with van der Waals surface area (Å²) in [4.78, 5) is 0. The molecule has 0 bridgehead atoms. The van der Waals surface area contributed by atoms with Gasteiger partial charge in [0.2, 0.25) is 0 Å². The van der Waals surface area contributed by atoms with Crippen molar-refractivity contribution in [2.45, 2.75) is 46.1 Å². The fourth-order valence-corrected chi connectivity index (χ4v) is 0.986. The molecule has 0 radical (unpaired) electrons. The Labute approximate surface area is 61.3 Å². The van der Waals surface area contributed by atoms with E-state index in [1.807, 2.05) is 20.8 Å². The van der Waals surface area contributed by atoms with Crippen LogP contribution in [0.1, 0.15) is 27.2 Å². The van der Waals surface area contributed by atoms with E-state index in [9.17, 15) is 0 Å². The molecular formula is C7H14O3. The molecule has 0 aromatic carbocycles. The Morgan fingerprint density at radius 3 is 1.90 bits per heavy atom. The molecule has 1 aliphatic rings. The van der Waals surface area contributed by atoms with Gasteiger partial charge in [0.25, 0.3) is 0 Å². The van der Waals surface area contributed by atoms with Gasteiger partial charge in [-0.25, -0.2) is 0 Å². The lowest BCUT2D eigenvalue weighted by atomic mass is 10.4. The summed E-state index contributed by atoms with van der Waals surface area (Å²) in [5.41, 5.74) is 0. The minimum Gasteiger partial charge on any atom is -0.324 e. The van der Waals surface area contributed by atoms with E-state index in [0.29, 0.717) is 0 Å². The zero-order valence-electron chi connectivity index (χ0n) is 6.66. The van der Waals surface area contributed by atoms with Gasteiger partial charge in [0.15, 0.2) is 18.9 Å². The van der Waals surface area contributed by atoms with Crippen LogP contribution in [0.2, 0.25) is 0 Å². The van der Waals surface area contributed by atoms with Crippen molar-refractivity contribution >= 4 is 0 Å². The van der Waals surface area contributed by atoms with Crippen molar-refractivity contribution in [3.05, 3.63) is 0 Å². The maximum absolute atomic E-state index is 5.26. The summed E-state index contributed by atoms with van der Waals surface area (Å²) in [5.74, 6) is 0. The van der Waals surface area contributed by atoms with Gasteiger partial charge >= 0.3 is 0 Å². The minimum atomic E-state index is -0.131. The summed E-state index contributed by atoms with van der Waals surface area (Å²) in [5, 5.41) is 0. The SMILES string of the molecule is CCC1O[C@H](C)O[C@@H](C)O1. The van der Waals surface area contributed by atoms with Crippen molar-refractivity contribution in [3.8, 4) is 0 Å². The summed E-state index contributed by atoms with van der Waals surface area (Å²) < 4.78 is 15.7. The summed E-state index contributed by atoms with van der Waals surface area (Å²) in [6.45, 7) is 5.78. The lowest BCUT2D eigenvalue weighted by Crippen LogP contribution is -2.37. The van der Waals surface area contributed by atoms with Gasteiger partial charge in [-0.1, -0.05) is 6.92 Å². The van der Waals surface area contributed by atoms with E-state index < -0.39 is 0 Å².